The Labute approximate surface area is 158 Å². The standard InChI is InChI=1S/C20H25N5S/c1-6-26-19-22-18-21-8-7-17(25(18)24-19)15-10-14-13(3)11-20(4,5)23-16(14)9-12(15)2/h7-10,13,23H,6,11H2,1-5H3/t13-/m0/s1. The summed E-state index contributed by atoms with van der Waals surface area (Å²) in [4.78, 5) is 8.92. The molecule has 5 nitrogen and oxygen atoms in total. The Bertz CT molecular complexity index is 976. The highest BCUT2D eigenvalue weighted by Crippen LogP contribution is 2.41. The minimum Gasteiger partial charge on any atom is -0.380 e. The first-order valence-corrected chi connectivity index (χ1v) is 10.1. The highest BCUT2D eigenvalue weighted by Gasteiger charge is 2.30. The van der Waals surface area contributed by atoms with Crippen LogP contribution >= 0.6 is 11.8 Å². The molecule has 2 aromatic heterocycles. The molecule has 1 aliphatic rings. The van der Waals surface area contributed by atoms with E-state index in [0.29, 0.717) is 11.7 Å². The quantitative estimate of drug-likeness (QED) is 0.667. The SMILES string of the molecule is CCSc1nc2nccc(-c3cc4c(cc3C)NC(C)(C)C[C@@H]4C)n2n1. The Morgan fingerprint density at radius 3 is 2.92 bits per heavy atom. The van der Waals surface area contributed by atoms with Crippen LogP contribution in [0.4, 0.5) is 5.69 Å². The zero-order valence-corrected chi connectivity index (χ0v) is 16.8. The maximum atomic E-state index is 4.66. The van der Waals surface area contributed by atoms with Gasteiger partial charge in [-0.1, -0.05) is 25.6 Å². The van der Waals surface area contributed by atoms with Gasteiger partial charge in [-0.3, -0.25) is 0 Å². The third-order valence-corrected chi connectivity index (χ3v) is 5.71. The first kappa shape index (κ1) is 17.3. The van der Waals surface area contributed by atoms with Gasteiger partial charge in [-0.2, -0.15) is 9.50 Å². The Hall–Kier alpha value is -2.08. The number of hydrogen-bond donors (Lipinski definition) is 1. The van der Waals surface area contributed by atoms with Crippen molar-refractivity contribution in [1.82, 2.24) is 19.6 Å². The van der Waals surface area contributed by atoms with Gasteiger partial charge < -0.3 is 5.32 Å². The van der Waals surface area contributed by atoms with Gasteiger partial charge in [0.25, 0.3) is 5.78 Å². The molecule has 6 heteroatoms. The number of fused-ring (bicyclic) bond motifs is 2. The van der Waals surface area contributed by atoms with Crippen LogP contribution in [-0.4, -0.2) is 30.9 Å². The molecule has 0 spiro atoms. The number of rotatable bonds is 3. The molecule has 1 atom stereocenters. The van der Waals surface area contributed by atoms with E-state index in [9.17, 15) is 0 Å². The summed E-state index contributed by atoms with van der Waals surface area (Å²) in [6.07, 6.45) is 2.94. The average molecular weight is 368 g/mol. The van der Waals surface area contributed by atoms with E-state index in [0.717, 1.165) is 23.0 Å². The number of aromatic nitrogens is 4. The van der Waals surface area contributed by atoms with E-state index in [-0.39, 0.29) is 5.54 Å². The molecule has 3 aromatic rings. The van der Waals surface area contributed by atoms with Crippen LogP contribution in [0.2, 0.25) is 0 Å². The van der Waals surface area contributed by atoms with Crippen molar-refractivity contribution in [2.75, 3.05) is 11.1 Å². The maximum absolute atomic E-state index is 4.66. The number of hydrogen-bond acceptors (Lipinski definition) is 5. The fourth-order valence-electron chi connectivity index (χ4n) is 3.98. The molecule has 3 heterocycles. The van der Waals surface area contributed by atoms with E-state index in [1.165, 1.54) is 22.4 Å². The van der Waals surface area contributed by atoms with Crippen molar-refractivity contribution < 1.29 is 0 Å². The highest BCUT2D eigenvalue weighted by atomic mass is 32.2. The van der Waals surface area contributed by atoms with Crippen LogP contribution in [0.25, 0.3) is 17.0 Å². The Morgan fingerprint density at radius 2 is 2.15 bits per heavy atom. The van der Waals surface area contributed by atoms with Gasteiger partial charge in [0.15, 0.2) is 0 Å². The van der Waals surface area contributed by atoms with E-state index >= 15 is 0 Å². The van der Waals surface area contributed by atoms with Gasteiger partial charge in [-0.05, 0) is 68.2 Å². The van der Waals surface area contributed by atoms with Crippen LogP contribution in [0.3, 0.4) is 0 Å². The van der Waals surface area contributed by atoms with Crippen LogP contribution < -0.4 is 5.32 Å². The minimum absolute atomic E-state index is 0.127. The summed E-state index contributed by atoms with van der Waals surface area (Å²) in [7, 11) is 0. The topological polar surface area (TPSA) is 55.1 Å². The summed E-state index contributed by atoms with van der Waals surface area (Å²) in [5, 5.41) is 9.14. The third kappa shape index (κ3) is 2.96. The zero-order chi connectivity index (χ0) is 18.5. The van der Waals surface area contributed by atoms with E-state index in [2.05, 4.69) is 67.1 Å². The molecule has 1 aromatic carbocycles. The van der Waals surface area contributed by atoms with Crippen molar-refractivity contribution >= 4 is 23.2 Å². The molecule has 0 fully saturated rings. The van der Waals surface area contributed by atoms with Crippen molar-refractivity contribution in [3.05, 3.63) is 35.5 Å². The van der Waals surface area contributed by atoms with Gasteiger partial charge in [0.1, 0.15) is 0 Å². The summed E-state index contributed by atoms with van der Waals surface area (Å²) in [6, 6.07) is 6.62. The largest absolute Gasteiger partial charge is 0.380 e. The summed E-state index contributed by atoms with van der Waals surface area (Å²) in [6.45, 7) is 11.1. The summed E-state index contributed by atoms with van der Waals surface area (Å²) in [5.41, 5.74) is 6.22. The molecule has 1 N–H and O–H groups in total. The lowest BCUT2D eigenvalue weighted by Gasteiger charge is -2.38. The second-order valence-electron chi connectivity index (χ2n) is 7.74. The normalized spacial score (nSPS) is 18.6. The van der Waals surface area contributed by atoms with E-state index in [4.69, 9.17) is 0 Å². The predicted octanol–water partition coefficient (Wildman–Crippen LogP) is 4.91. The molecule has 136 valence electrons. The predicted molar refractivity (Wildman–Crippen MR) is 108 cm³/mol. The monoisotopic (exact) mass is 367 g/mol. The van der Waals surface area contributed by atoms with Crippen LogP contribution in [0.15, 0.2) is 29.6 Å². The molecule has 0 radical (unpaired) electrons. The summed E-state index contributed by atoms with van der Waals surface area (Å²) >= 11 is 1.64. The number of nitrogens with one attached hydrogen (secondary N) is 1. The van der Waals surface area contributed by atoms with Crippen molar-refractivity contribution in [3.63, 3.8) is 0 Å². The highest BCUT2D eigenvalue weighted by molar-refractivity contribution is 7.99. The smallest absolute Gasteiger partial charge is 0.253 e. The first-order valence-electron chi connectivity index (χ1n) is 9.15. The molecule has 4 rings (SSSR count). The molecule has 1 aliphatic heterocycles. The van der Waals surface area contributed by atoms with Gasteiger partial charge in [-0.25, -0.2) is 4.98 Å². The Kier molecular flexibility index (Phi) is 4.18. The van der Waals surface area contributed by atoms with Crippen LogP contribution in [0.5, 0.6) is 0 Å². The number of nitrogens with zero attached hydrogens (tertiary/aromatic N) is 4. The molecule has 0 unspecified atom stereocenters. The van der Waals surface area contributed by atoms with Gasteiger partial charge in [0, 0.05) is 23.0 Å². The second-order valence-corrected chi connectivity index (χ2v) is 8.97. The Morgan fingerprint density at radius 1 is 1.35 bits per heavy atom. The van der Waals surface area contributed by atoms with Gasteiger partial charge in [0.05, 0.1) is 5.69 Å². The average Bonchev–Trinajstić information content (AvgIpc) is 2.96. The summed E-state index contributed by atoms with van der Waals surface area (Å²) < 4.78 is 1.87. The molecular formula is C20H25N5S. The molecule has 0 amide bonds. The fourth-order valence-corrected chi connectivity index (χ4v) is 4.52. The third-order valence-electron chi connectivity index (χ3n) is 4.99. The zero-order valence-electron chi connectivity index (χ0n) is 16.0. The second kappa shape index (κ2) is 6.27. The van der Waals surface area contributed by atoms with Gasteiger partial charge in [0.2, 0.25) is 5.16 Å². The van der Waals surface area contributed by atoms with Crippen LogP contribution in [0.1, 0.15) is 51.2 Å². The lowest BCUT2D eigenvalue weighted by molar-refractivity contribution is 0.454. The van der Waals surface area contributed by atoms with E-state index in [1.807, 2.05) is 16.8 Å². The molecule has 0 saturated heterocycles. The molecule has 26 heavy (non-hydrogen) atoms. The lowest BCUT2D eigenvalue weighted by atomic mass is 9.80. The number of aryl methyl sites for hydroxylation is 1. The molecule has 0 saturated carbocycles. The maximum Gasteiger partial charge on any atom is 0.253 e. The van der Waals surface area contributed by atoms with Crippen molar-refractivity contribution in [2.45, 2.75) is 57.7 Å². The molecule has 0 aliphatic carbocycles. The van der Waals surface area contributed by atoms with Crippen LogP contribution in [0, 0.1) is 6.92 Å². The number of anilines is 1. The van der Waals surface area contributed by atoms with Gasteiger partial charge >= 0.3 is 0 Å². The first-order chi connectivity index (χ1) is 12.4. The summed E-state index contributed by atoms with van der Waals surface area (Å²) in [5.74, 6) is 2.12. The Balaban J connectivity index is 1.87. The number of benzene rings is 1. The van der Waals surface area contributed by atoms with Gasteiger partial charge in [-0.15, -0.1) is 5.10 Å². The lowest BCUT2D eigenvalue weighted by Crippen LogP contribution is -2.36. The van der Waals surface area contributed by atoms with Crippen LogP contribution in [-0.2, 0) is 0 Å². The minimum atomic E-state index is 0.127. The number of thioether (sulfide) groups is 1. The van der Waals surface area contributed by atoms with E-state index in [1.54, 1.807) is 11.8 Å². The molecular weight excluding hydrogens is 342 g/mol. The molecule has 0 bridgehead atoms. The van der Waals surface area contributed by atoms with Crippen molar-refractivity contribution in [3.8, 4) is 11.3 Å². The van der Waals surface area contributed by atoms with Crippen molar-refractivity contribution in [2.24, 2.45) is 0 Å². The van der Waals surface area contributed by atoms with Crippen molar-refractivity contribution in [1.29, 1.82) is 0 Å². The fraction of sp³-hybridized carbons (Fsp3) is 0.450. The van der Waals surface area contributed by atoms with E-state index < -0.39 is 0 Å².